The molecule has 1 unspecified atom stereocenters. The molecule has 0 aliphatic heterocycles. The highest BCUT2D eigenvalue weighted by molar-refractivity contribution is 7.10. The van der Waals surface area contributed by atoms with Crippen LogP contribution in [-0.4, -0.2) is 26.6 Å². The summed E-state index contributed by atoms with van der Waals surface area (Å²) < 4.78 is 5.16. The van der Waals surface area contributed by atoms with Crippen molar-refractivity contribution in [3.63, 3.8) is 0 Å². The Morgan fingerprint density at radius 2 is 2.12 bits per heavy atom. The molecule has 6 nitrogen and oxygen atoms in total. The minimum atomic E-state index is -1.21. The minimum Gasteiger partial charge on any atom is -0.472 e. The van der Waals surface area contributed by atoms with Crippen molar-refractivity contribution < 1.29 is 9.52 Å². The molecule has 0 saturated carbocycles. The van der Waals surface area contributed by atoms with Gasteiger partial charge in [-0.15, -0.1) is 11.3 Å². The molecular formula is C17H14N4O2S. The van der Waals surface area contributed by atoms with Crippen molar-refractivity contribution in [2.75, 3.05) is 11.9 Å². The van der Waals surface area contributed by atoms with Gasteiger partial charge in [0.15, 0.2) is 5.65 Å². The molecule has 4 heterocycles. The average molecular weight is 338 g/mol. The van der Waals surface area contributed by atoms with Gasteiger partial charge in [-0.25, -0.2) is 15.0 Å². The lowest BCUT2D eigenvalue weighted by molar-refractivity contribution is 0.0981. The molecule has 0 fully saturated rings. The maximum absolute atomic E-state index is 11.3. The number of nitrogens with one attached hydrogen (secondary N) is 1. The Morgan fingerprint density at radius 1 is 1.17 bits per heavy atom. The van der Waals surface area contributed by atoms with E-state index < -0.39 is 5.60 Å². The molecule has 0 amide bonds. The quantitative estimate of drug-likeness (QED) is 0.582. The van der Waals surface area contributed by atoms with Crippen LogP contribution >= 0.6 is 11.3 Å². The molecular weight excluding hydrogens is 324 g/mol. The number of pyridine rings is 1. The van der Waals surface area contributed by atoms with Crippen LogP contribution in [0.15, 0.2) is 65.2 Å². The lowest BCUT2D eigenvalue weighted by Gasteiger charge is -2.26. The van der Waals surface area contributed by atoms with Gasteiger partial charge in [0.1, 0.15) is 17.7 Å². The lowest BCUT2D eigenvalue weighted by Crippen LogP contribution is -2.34. The second-order valence-electron chi connectivity index (χ2n) is 5.30. The molecule has 4 aromatic rings. The summed E-state index contributed by atoms with van der Waals surface area (Å²) in [5, 5.41) is 17.3. The van der Waals surface area contributed by atoms with Crippen LogP contribution < -0.4 is 5.32 Å². The highest BCUT2D eigenvalue weighted by Gasteiger charge is 2.34. The van der Waals surface area contributed by atoms with Crippen LogP contribution in [0.2, 0.25) is 0 Å². The summed E-state index contributed by atoms with van der Waals surface area (Å²) in [5.41, 5.74) is 0.0904. The fraction of sp³-hybridized carbons (Fsp3) is 0.118. The Hall–Kier alpha value is -2.77. The molecule has 120 valence electrons. The standard InChI is InChI=1S/C17H14N4O2S/c22-17(12-5-7-23-9-12,14-4-2-8-24-14)10-19-16-13-3-1-6-18-15(13)20-11-21-16/h1-9,11,22H,10H2,(H,18,19,20,21). The van der Waals surface area contributed by atoms with Crippen molar-refractivity contribution in [3.05, 3.63) is 71.2 Å². The molecule has 24 heavy (non-hydrogen) atoms. The normalized spacial score (nSPS) is 13.7. The topological polar surface area (TPSA) is 84.1 Å². The molecule has 0 spiro atoms. The molecule has 4 aromatic heterocycles. The molecule has 0 aliphatic rings. The second kappa shape index (κ2) is 6.03. The van der Waals surface area contributed by atoms with E-state index in [1.807, 2.05) is 29.6 Å². The predicted molar refractivity (Wildman–Crippen MR) is 91.8 cm³/mol. The third kappa shape index (κ3) is 2.53. The maximum Gasteiger partial charge on any atom is 0.164 e. The van der Waals surface area contributed by atoms with Crippen LogP contribution in [0.5, 0.6) is 0 Å². The zero-order valence-corrected chi connectivity index (χ0v) is 13.4. The Kier molecular flexibility index (Phi) is 3.72. The van der Waals surface area contributed by atoms with Gasteiger partial charge in [-0.2, -0.15) is 0 Å². The van der Waals surface area contributed by atoms with Crippen LogP contribution in [0.1, 0.15) is 10.4 Å². The van der Waals surface area contributed by atoms with Crippen molar-refractivity contribution in [3.8, 4) is 0 Å². The molecule has 2 N–H and O–H groups in total. The van der Waals surface area contributed by atoms with Crippen LogP contribution in [0.3, 0.4) is 0 Å². The van der Waals surface area contributed by atoms with E-state index in [4.69, 9.17) is 4.42 Å². The van der Waals surface area contributed by atoms with Gasteiger partial charge in [0.2, 0.25) is 0 Å². The van der Waals surface area contributed by atoms with Gasteiger partial charge >= 0.3 is 0 Å². The number of aliphatic hydroxyl groups is 1. The molecule has 0 bridgehead atoms. The zero-order valence-electron chi connectivity index (χ0n) is 12.6. The second-order valence-corrected chi connectivity index (χ2v) is 6.25. The molecule has 0 saturated heterocycles. The van der Waals surface area contributed by atoms with Gasteiger partial charge in [-0.05, 0) is 29.6 Å². The van der Waals surface area contributed by atoms with E-state index in [9.17, 15) is 5.11 Å². The number of thiophene rings is 1. The van der Waals surface area contributed by atoms with Crippen molar-refractivity contribution in [2.45, 2.75) is 5.60 Å². The molecule has 4 rings (SSSR count). The molecule has 7 heteroatoms. The van der Waals surface area contributed by atoms with Crippen molar-refractivity contribution in [2.24, 2.45) is 0 Å². The van der Waals surface area contributed by atoms with Crippen molar-refractivity contribution in [1.82, 2.24) is 15.0 Å². The average Bonchev–Trinajstić information content (AvgIpc) is 3.33. The Labute approximate surface area is 141 Å². The highest BCUT2D eigenvalue weighted by Crippen LogP contribution is 2.33. The zero-order chi connectivity index (χ0) is 16.4. The first-order chi connectivity index (χ1) is 11.8. The van der Waals surface area contributed by atoms with Gasteiger partial charge in [-0.3, -0.25) is 0 Å². The molecule has 1 atom stereocenters. The third-order valence-corrected chi connectivity index (χ3v) is 4.87. The maximum atomic E-state index is 11.3. The minimum absolute atomic E-state index is 0.244. The van der Waals surface area contributed by atoms with Gasteiger partial charge in [-0.1, -0.05) is 6.07 Å². The summed E-state index contributed by atoms with van der Waals surface area (Å²) in [5.74, 6) is 0.631. The van der Waals surface area contributed by atoms with Gasteiger partial charge in [0.05, 0.1) is 24.5 Å². The van der Waals surface area contributed by atoms with Crippen molar-refractivity contribution >= 4 is 28.2 Å². The van der Waals surface area contributed by atoms with Gasteiger partial charge < -0.3 is 14.8 Å². The first kappa shape index (κ1) is 14.8. The SMILES string of the molecule is OC(CNc1ncnc2ncccc12)(c1ccoc1)c1cccs1. The number of hydrogen-bond donors (Lipinski definition) is 2. The fourth-order valence-corrected chi connectivity index (χ4v) is 3.44. The number of anilines is 1. The van der Waals surface area contributed by atoms with Crippen LogP contribution in [0, 0.1) is 0 Å². The number of hydrogen-bond acceptors (Lipinski definition) is 7. The van der Waals surface area contributed by atoms with Crippen LogP contribution in [-0.2, 0) is 5.60 Å². The summed E-state index contributed by atoms with van der Waals surface area (Å²) in [6.45, 7) is 0.244. The summed E-state index contributed by atoms with van der Waals surface area (Å²) in [6.07, 6.45) is 6.26. The van der Waals surface area contributed by atoms with E-state index in [1.54, 1.807) is 24.8 Å². The highest BCUT2D eigenvalue weighted by atomic mass is 32.1. The fourth-order valence-electron chi connectivity index (χ4n) is 2.59. The Morgan fingerprint density at radius 3 is 2.92 bits per heavy atom. The monoisotopic (exact) mass is 338 g/mol. The van der Waals surface area contributed by atoms with E-state index in [0.717, 1.165) is 10.3 Å². The largest absolute Gasteiger partial charge is 0.472 e. The first-order valence-electron chi connectivity index (χ1n) is 7.36. The summed E-state index contributed by atoms with van der Waals surface area (Å²) >= 11 is 1.49. The van der Waals surface area contributed by atoms with E-state index >= 15 is 0 Å². The third-order valence-electron chi connectivity index (χ3n) is 3.85. The molecule has 0 aromatic carbocycles. The van der Waals surface area contributed by atoms with E-state index in [1.165, 1.54) is 17.7 Å². The number of nitrogens with zero attached hydrogens (tertiary/aromatic N) is 3. The first-order valence-corrected chi connectivity index (χ1v) is 8.24. The molecule has 0 radical (unpaired) electrons. The van der Waals surface area contributed by atoms with Crippen molar-refractivity contribution in [1.29, 1.82) is 0 Å². The summed E-state index contributed by atoms with van der Waals surface area (Å²) in [7, 11) is 0. The van der Waals surface area contributed by atoms with Crippen LogP contribution in [0.25, 0.3) is 11.0 Å². The van der Waals surface area contributed by atoms with Crippen LogP contribution in [0.4, 0.5) is 5.82 Å². The number of aromatic nitrogens is 3. The predicted octanol–water partition coefficient (Wildman–Crippen LogP) is 3.03. The summed E-state index contributed by atoms with van der Waals surface area (Å²) in [4.78, 5) is 13.5. The van der Waals surface area contributed by atoms with E-state index in [-0.39, 0.29) is 6.54 Å². The Bertz CT molecular complexity index is 899. The van der Waals surface area contributed by atoms with E-state index in [0.29, 0.717) is 17.0 Å². The number of furan rings is 1. The Balaban J connectivity index is 1.69. The number of rotatable bonds is 5. The smallest absolute Gasteiger partial charge is 0.164 e. The number of fused-ring (bicyclic) bond motifs is 1. The van der Waals surface area contributed by atoms with Gasteiger partial charge in [0.25, 0.3) is 0 Å². The summed E-state index contributed by atoms with van der Waals surface area (Å²) in [6, 6.07) is 9.31. The lowest BCUT2D eigenvalue weighted by atomic mass is 9.94. The molecule has 0 aliphatic carbocycles. The van der Waals surface area contributed by atoms with Gasteiger partial charge in [0, 0.05) is 16.6 Å². The van der Waals surface area contributed by atoms with E-state index in [2.05, 4.69) is 20.3 Å².